The van der Waals surface area contributed by atoms with Gasteiger partial charge in [-0.1, -0.05) is 30.3 Å². The number of fused-ring (bicyclic) bond motifs is 1. The topological polar surface area (TPSA) is 114 Å². The van der Waals surface area contributed by atoms with E-state index in [9.17, 15) is 19.8 Å². The van der Waals surface area contributed by atoms with E-state index in [4.69, 9.17) is 0 Å². The lowest BCUT2D eigenvalue weighted by Gasteiger charge is -2.19. The molecule has 0 saturated heterocycles. The normalized spacial score (nSPS) is 13.2. The summed E-state index contributed by atoms with van der Waals surface area (Å²) in [6.07, 6.45) is 0.654. The number of hydrogen-bond acceptors (Lipinski definition) is 5. The van der Waals surface area contributed by atoms with E-state index in [1.165, 1.54) is 12.1 Å². The lowest BCUT2D eigenvalue weighted by Crippen LogP contribution is -2.32. The lowest BCUT2D eigenvalue weighted by molar-refractivity contribution is -0.109. The average molecular weight is 395 g/mol. The molecule has 5 N–H and O–H groups in total. The standard InChI is InChI=1S/C22H25N3O4/c1-14(9-15-3-2-4-16(10-15)11-23-13-26)24-12-20(28)17-5-7-19(27)22-18(17)6-8-21(29)25-22/h2-8,10,13-14,20,24,27-28H,9,11-12H2,1H3,(H,23,26)(H,25,29). The maximum atomic E-state index is 11.5. The van der Waals surface area contributed by atoms with Gasteiger partial charge in [0.15, 0.2) is 0 Å². The number of H-pyrrole nitrogens is 1. The summed E-state index contributed by atoms with van der Waals surface area (Å²) in [7, 11) is 0. The number of carbonyl (C=O) groups excluding carboxylic acids is 1. The molecule has 0 spiro atoms. The van der Waals surface area contributed by atoms with Gasteiger partial charge in [-0.05, 0) is 42.2 Å². The van der Waals surface area contributed by atoms with Crippen molar-refractivity contribution in [2.45, 2.75) is 32.0 Å². The summed E-state index contributed by atoms with van der Waals surface area (Å²) >= 11 is 0. The number of nitrogens with one attached hydrogen (secondary N) is 3. The van der Waals surface area contributed by atoms with Gasteiger partial charge in [-0.3, -0.25) is 9.59 Å². The molecule has 3 aromatic rings. The van der Waals surface area contributed by atoms with Crippen molar-refractivity contribution in [3.05, 3.63) is 75.6 Å². The van der Waals surface area contributed by atoms with E-state index in [2.05, 4.69) is 21.7 Å². The minimum absolute atomic E-state index is 0.0288. The Balaban J connectivity index is 1.64. The van der Waals surface area contributed by atoms with Crippen LogP contribution in [0.5, 0.6) is 5.75 Å². The fourth-order valence-electron chi connectivity index (χ4n) is 3.42. The molecule has 0 bridgehead atoms. The molecule has 0 fully saturated rings. The average Bonchev–Trinajstić information content (AvgIpc) is 2.71. The number of aliphatic hydroxyl groups is 1. The van der Waals surface area contributed by atoms with Gasteiger partial charge in [-0.2, -0.15) is 0 Å². The largest absolute Gasteiger partial charge is 0.506 e. The van der Waals surface area contributed by atoms with E-state index in [0.717, 1.165) is 17.5 Å². The number of aromatic hydroxyl groups is 1. The summed E-state index contributed by atoms with van der Waals surface area (Å²) < 4.78 is 0. The van der Waals surface area contributed by atoms with Crippen LogP contribution in [0.25, 0.3) is 10.9 Å². The van der Waals surface area contributed by atoms with Gasteiger partial charge >= 0.3 is 0 Å². The third-order valence-electron chi connectivity index (χ3n) is 4.85. The fourth-order valence-corrected chi connectivity index (χ4v) is 3.42. The number of aromatic amines is 1. The first-order chi connectivity index (χ1) is 14.0. The molecule has 152 valence electrons. The van der Waals surface area contributed by atoms with Crippen LogP contribution in [0.3, 0.4) is 0 Å². The van der Waals surface area contributed by atoms with Crippen LogP contribution >= 0.6 is 0 Å². The Kier molecular flexibility index (Phi) is 6.64. The first-order valence-electron chi connectivity index (χ1n) is 9.49. The summed E-state index contributed by atoms with van der Waals surface area (Å²) in [6, 6.07) is 14.2. The maximum Gasteiger partial charge on any atom is 0.248 e. The molecule has 2 aromatic carbocycles. The molecule has 0 aliphatic rings. The van der Waals surface area contributed by atoms with Gasteiger partial charge < -0.3 is 25.8 Å². The Morgan fingerprint density at radius 1 is 1.14 bits per heavy atom. The molecule has 1 heterocycles. The molecule has 7 nitrogen and oxygen atoms in total. The van der Waals surface area contributed by atoms with E-state index in [1.807, 2.05) is 25.1 Å². The zero-order chi connectivity index (χ0) is 20.8. The van der Waals surface area contributed by atoms with Gasteiger partial charge in [0.05, 0.1) is 11.6 Å². The van der Waals surface area contributed by atoms with E-state index < -0.39 is 6.10 Å². The molecule has 1 aromatic heterocycles. The van der Waals surface area contributed by atoms with Crippen molar-refractivity contribution >= 4 is 17.3 Å². The molecule has 29 heavy (non-hydrogen) atoms. The number of pyridine rings is 1. The number of phenolic OH excluding ortho intramolecular Hbond substituents is 1. The number of benzene rings is 2. The quantitative estimate of drug-likeness (QED) is 0.354. The molecule has 0 saturated carbocycles. The summed E-state index contributed by atoms with van der Waals surface area (Å²) in [5.41, 5.74) is 2.82. The van der Waals surface area contributed by atoms with Gasteiger partial charge in [0.1, 0.15) is 5.75 Å². The summed E-state index contributed by atoms with van der Waals surface area (Å²) in [4.78, 5) is 24.6. The van der Waals surface area contributed by atoms with Gasteiger partial charge in [0, 0.05) is 30.6 Å². The number of aromatic nitrogens is 1. The molecular weight excluding hydrogens is 370 g/mol. The smallest absolute Gasteiger partial charge is 0.248 e. The Bertz CT molecular complexity index is 1050. The number of amides is 1. The molecule has 1 amide bonds. The Labute approximate surface area is 168 Å². The molecule has 2 unspecified atom stereocenters. The summed E-state index contributed by atoms with van der Waals surface area (Å²) in [5, 5.41) is 27.2. The third kappa shape index (κ3) is 5.22. The number of rotatable bonds is 9. The highest BCUT2D eigenvalue weighted by atomic mass is 16.3. The van der Waals surface area contributed by atoms with Crippen molar-refractivity contribution in [1.82, 2.24) is 15.6 Å². The van der Waals surface area contributed by atoms with Gasteiger partial charge in [-0.25, -0.2) is 0 Å². The van der Waals surface area contributed by atoms with Crippen LogP contribution in [0.2, 0.25) is 0 Å². The maximum absolute atomic E-state index is 11.5. The van der Waals surface area contributed by atoms with Crippen molar-refractivity contribution in [1.29, 1.82) is 0 Å². The Morgan fingerprint density at radius 2 is 1.93 bits per heavy atom. The monoisotopic (exact) mass is 395 g/mol. The summed E-state index contributed by atoms with van der Waals surface area (Å²) in [6.45, 7) is 2.86. The molecular formula is C22H25N3O4. The highest BCUT2D eigenvalue weighted by Gasteiger charge is 2.15. The molecule has 0 aliphatic heterocycles. The Hall–Kier alpha value is -3.16. The van der Waals surface area contributed by atoms with E-state index in [0.29, 0.717) is 36.0 Å². The fraction of sp³-hybridized carbons (Fsp3) is 0.273. The minimum atomic E-state index is -0.797. The van der Waals surface area contributed by atoms with Gasteiger partial charge in [-0.15, -0.1) is 0 Å². The van der Waals surface area contributed by atoms with Crippen LogP contribution < -0.4 is 16.2 Å². The molecule has 7 heteroatoms. The second kappa shape index (κ2) is 9.36. The van der Waals surface area contributed by atoms with Crippen molar-refractivity contribution in [3.8, 4) is 5.75 Å². The Morgan fingerprint density at radius 3 is 2.72 bits per heavy atom. The van der Waals surface area contributed by atoms with E-state index in [1.54, 1.807) is 12.1 Å². The van der Waals surface area contributed by atoms with Gasteiger partial charge in [0.2, 0.25) is 12.0 Å². The first-order valence-corrected chi connectivity index (χ1v) is 9.49. The first kappa shape index (κ1) is 20.6. The van der Waals surface area contributed by atoms with Crippen molar-refractivity contribution in [2.75, 3.05) is 6.54 Å². The van der Waals surface area contributed by atoms with Crippen LogP contribution in [-0.4, -0.2) is 34.2 Å². The highest BCUT2D eigenvalue weighted by molar-refractivity contribution is 5.87. The predicted molar refractivity (Wildman–Crippen MR) is 112 cm³/mol. The van der Waals surface area contributed by atoms with Crippen molar-refractivity contribution < 1.29 is 15.0 Å². The predicted octanol–water partition coefficient (Wildman–Crippen LogP) is 1.73. The number of phenols is 1. The third-order valence-corrected chi connectivity index (χ3v) is 4.85. The highest BCUT2D eigenvalue weighted by Crippen LogP contribution is 2.28. The van der Waals surface area contributed by atoms with Crippen LogP contribution in [0.4, 0.5) is 0 Å². The van der Waals surface area contributed by atoms with Crippen LogP contribution in [0.15, 0.2) is 53.3 Å². The summed E-state index contributed by atoms with van der Waals surface area (Å²) in [5.74, 6) is -0.0288. The number of carbonyl (C=O) groups is 1. The number of hydrogen-bond donors (Lipinski definition) is 5. The number of aliphatic hydroxyl groups excluding tert-OH is 1. The van der Waals surface area contributed by atoms with Crippen molar-refractivity contribution in [3.63, 3.8) is 0 Å². The molecule has 3 rings (SSSR count). The van der Waals surface area contributed by atoms with E-state index >= 15 is 0 Å². The molecule has 0 radical (unpaired) electrons. The SMILES string of the molecule is CC(Cc1cccc(CNC=O)c1)NCC(O)c1ccc(O)c2[nH]c(=O)ccc12. The molecule has 2 atom stereocenters. The lowest BCUT2D eigenvalue weighted by atomic mass is 10.0. The zero-order valence-corrected chi connectivity index (χ0v) is 16.2. The van der Waals surface area contributed by atoms with Crippen LogP contribution in [-0.2, 0) is 17.8 Å². The van der Waals surface area contributed by atoms with Crippen LogP contribution in [0.1, 0.15) is 29.7 Å². The van der Waals surface area contributed by atoms with Gasteiger partial charge in [0.25, 0.3) is 0 Å². The zero-order valence-electron chi connectivity index (χ0n) is 16.2. The van der Waals surface area contributed by atoms with Crippen LogP contribution in [0, 0.1) is 0 Å². The second-order valence-corrected chi connectivity index (χ2v) is 7.13. The van der Waals surface area contributed by atoms with E-state index in [-0.39, 0.29) is 17.4 Å². The van der Waals surface area contributed by atoms with Crippen molar-refractivity contribution in [2.24, 2.45) is 0 Å². The minimum Gasteiger partial charge on any atom is -0.506 e. The second-order valence-electron chi connectivity index (χ2n) is 7.13. The molecule has 0 aliphatic carbocycles.